The van der Waals surface area contributed by atoms with Crippen LogP contribution in [0.25, 0.3) is 0 Å². The van der Waals surface area contributed by atoms with Gasteiger partial charge < -0.3 is 10.2 Å². The Morgan fingerprint density at radius 1 is 1.10 bits per heavy atom. The highest BCUT2D eigenvalue weighted by molar-refractivity contribution is 9.10. The van der Waals surface area contributed by atoms with Crippen LogP contribution in [0, 0.1) is 0 Å². The van der Waals surface area contributed by atoms with Crippen LogP contribution in [0.15, 0.2) is 33.5 Å². The van der Waals surface area contributed by atoms with Gasteiger partial charge in [-0.05, 0) is 63.5 Å². The van der Waals surface area contributed by atoms with Crippen LogP contribution in [-0.4, -0.2) is 0 Å². The topological polar surface area (TPSA) is 39.2 Å². The molecule has 2 aromatic rings. The molecule has 1 unspecified atom stereocenters. The van der Waals surface area contributed by atoms with Gasteiger partial charge in [0, 0.05) is 5.56 Å². The number of rotatable bonds is 5. The monoisotopic (exact) mass is 335 g/mol. The van der Waals surface area contributed by atoms with Crippen molar-refractivity contribution in [3.63, 3.8) is 0 Å². The van der Waals surface area contributed by atoms with Crippen LogP contribution in [-0.2, 0) is 19.3 Å². The van der Waals surface area contributed by atoms with Gasteiger partial charge in [0.15, 0.2) is 4.67 Å². The van der Waals surface area contributed by atoms with Crippen molar-refractivity contribution < 1.29 is 4.42 Å². The van der Waals surface area contributed by atoms with Crippen LogP contribution in [0.2, 0.25) is 0 Å². The average molecular weight is 336 g/mol. The number of aryl methyl sites for hydroxylation is 3. The molecule has 1 aromatic carbocycles. The molecule has 0 saturated carbocycles. The Hall–Kier alpha value is -1.06. The number of hydrogen-bond acceptors (Lipinski definition) is 2. The van der Waals surface area contributed by atoms with E-state index in [1.54, 1.807) is 6.26 Å². The molecule has 1 aromatic heterocycles. The summed E-state index contributed by atoms with van der Waals surface area (Å²) >= 11 is 3.44. The highest BCUT2D eigenvalue weighted by Crippen LogP contribution is 2.33. The van der Waals surface area contributed by atoms with Gasteiger partial charge in [-0.2, -0.15) is 0 Å². The van der Waals surface area contributed by atoms with Gasteiger partial charge in [0.1, 0.15) is 0 Å². The van der Waals surface area contributed by atoms with E-state index in [0.29, 0.717) is 0 Å². The molecule has 0 radical (unpaired) electrons. The van der Waals surface area contributed by atoms with E-state index >= 15 is 0 Å². The fraction of sp³-hybridized carbons (Fsp3) is 0.412. The smallest absolute Gasteiger partial charge is 0.174 e. The Morgan fingerprint density at radius 3 is 2.10 bits per heavy atom. The van der Waals surface area contributed by atoms with E-state index in [1.165, 1.54) is 22.3 Å². The van der Waals surface area contributed by atoms with Crippen LogP contribution in [0.5, 0.6) is 0 Å². The lowest BCUT2D eigenvalue weighted by molar-refractivity contribution is 0.534. The Bertz CT molecular complexity index is 563. The first-order valence-corrected chi connectivity index (χ1v) is 8.04. The van der Waals surface area contributed by atoms with Crippen LogP contribution >= 0.6 is 15.9 Å². The second-order valence-corrected chi connectivity index (χ2v) is 5.74. The van der Waals surface area contributed by atoms with Crippen molar-refractivity contribution in [3.05, 3.63) is 56.9 Å². The molecule has 108 valence electrons. The molecule has 3 heteroatoms. The van der Waals surface area contributed by atoms with E-state index in [9.17, 15) is 0 Å². The highest BCUT2D eigenvalue weighted by Gasteiger charge is 2.20. The molecular formula is C17H22BrNO. The summed E-state index contributed by atoms with van der Waals surface area (Å²) in [5, 5.41) is 0. The molecule has 0 spiro atoms. The van der Waals surface area contributed by atoms with Crippen molar-refractivity contribution in [1.82, 2.24) is 0 Å². The van der Waals surface area contributed by atoms with Crippen LogP contribution in [0.1, 0.15) is 54.6 Å². The summed E-state index contributed by atoms with van der Waals surface area (Å²) in [6.07, 6.45) is 4.74. The highest BCUT2D eigenvalue weighted by atomic mass is 79.9. The number of halogens is 1. The molecule has 0 aliphatic heterocycles. The molecule has 2 rings (SSSR count). The fourth-order valence-corrected chi connectivity index (χ4v) is 3.21. The third-order valence-electron chi connectivity index (χ3n) is 3.87. The van der Waals surface area contributed by atoms with Gasteiger partial charge in [-0.25, -0.2) is 0 Å². The SMILES string of the molecule is CCc1cc(CC)c(C(N)c2ccoc2Br)c(CC)c1. The van der Waals surface area contributed by atoms with Crippen molar-refractivity contribution >= 4 is 15.9 Å². The Kier molecular flexibility index (Phi) is 5.06. The molecule has 0 bridgehead atoms. The van der Waals surface area contributed by atoms with Crippen molar-refractivity contribution in [2.24, 2.45) is 5.73 Å². The van der Waals surface area contributed by atoms with E-state index in [2.05, 4.69) is 48.8 Å². The second kappa shape index (κ2) is 6.59. The number of benzene rings is 1. The Balaban J connectivity index is 2.57. The molecule has 1 heterocycles. The quantitative estimate of drug-likeness (QED) is 0.854. The fourth-order valence-electron chi connectivity index (χ4n) is 2.72. The molecule has 0 fully saturated rings. The first-order valence-electron chi connectivity index (χ1n) is 7.25. The summed E-state index contributed by atoms with van der Waals surface area (Å²) in [5.74, 6) is 0. The lowest BCUT2D eigenvalue weighted by atomic mass is 9.87. The average Bonchev–Trinajstić information content (AvgIpc) is 2.91. The largest absolute Gasteiger partial charge is 0.457 e. The molecule has 1 atom stereocenters. The van der Waals surface area contributed by atoms with E-state index in [-0.39, 0.29) is 6.04 Å². The number of hydrogen-bond donors (Lipinski definition) is 1. The van der Waals surface area contributed by atoms with Crippen molar-refractivity contribution in [2.75, 3.05) is 0 Å². The second-order valence-electron chi connectivity index (χ2n) is 5.02. The maximum absolute atomic E-state index is 6.52. The van der Waals surface area contributed by atoms with E-state index in [0.717, 1.165) is 29.5 Å². The van der Waals surface area contributed by atoms with Crippen LogP contribution < -0.4 is 5.73 Å². The molecular weight excluding hydrogens is 314 g/mol. The van der Waals surface area contributed by atoms with Gasteiger partial charge in [-0.15, -0.1) is 0 Å². The van der Waals surface area contributed by atoms with E-state index < -0.39 is 0 Å². The third kappa shape index (κ3) is 2.84. The van der Waals surface area contributed by atoms with Crippen molar-refractivity contribution in [3.8, 4) is 0 Å². The molecule has 0 saturated heterocycles. The van der Waals surface area contributed by atoms with Gasteiger partial charge >= 0.3 is 0 Å². The van der Waals surface area contributed by atoms with Gasteiger partial charge in [0.2, 0.25) is 0 Å². The van der Waals surface area contributed by atoms with Gasteiger partial charge in [0.25, 0.3) is 0 Å². The zero-order chi connectivity index (χ0) is 14.7. The van der Waals surface area contributed by atoms with Crippen molar-refractivity contribution in [1.29, 1.82) is 0 Å². The van der Waals surface area contributed by atoms with Crippen LogP contribution in [0.4, 0.5) is 0 Å². The van der Waals surface area contributed by atoms with Gasteiger partial charge in [0.05, 0.1) is 12.3 Å². The minimum absolute atomic E-state index is 0.140. The maximum Gasteiger partial charge on any atom is 0.174 e. The summed E-state index contributed by atoms with van der Waals surface area (Å²) in [4.78, 5) is 0. The molecule has 0 aliphatic rings. The van der Waals surface area contributed by atoms with Crippen molar-refractivity contribution in [2.45, 2.75) is 46.1 Å². The Morgan fingerprint density at radius 2 is 1.70 bits per heavy atom. The zero-order valence-corrected chi connectivity index (χ0v) is 14.0. The lowest BCUT2D eigenvalue weighted by Crippen LogP contribution is -2.16. The maximum atomic E-state index is 6.52. The molecule has 2 N–H and O–H groups in total. The first kappa shape index (κ1) is 15.3. The predicted molar refractivity (Wildman–Crippen MR) is 87.0 cm³/mol. The number of furan rings is 1. The van der Waals surface area contributed by atoms with E-state index in [4.69, 9.17) is 10.2 Å². The normalized spacial score (nSPS) is 12.7. The zero-order valence-electron chi connectivity index (χ0n) is 12.4. The molecule has 20 heavy (non-hydrogen) atoms. The summed E-state index contributed by atoms with van der Waals surface area (Å²) < 4.78 is 6.07. The molecule has 0 amide bonds. The predicted octanol–water partition coefficient (Wildman–Crippen LogP) is 4.78. The summed E-state index contributed by atoms with van der Waals surface area (Å²) in [5.41, 5.74) is 12.9. The standard InChI is InChI=1S/C17H22BrNO/c1-4-11-9-12(5-2)15(13(6-3)10-11)16(19)14-7-8-20-17(14)18/h7-10,16H,4-6,19H2,1-3H3. The van der Waals surface area contributed by atoms with Gasteiger partial charge in [-0.1, -0.05) is 32.9 Å². The minimum Gasteiger partial charge on any atom is -0.457 e. The van der Waals surface area contributed by atoms with E-state index in [1.807, 2.05) is 6.07 Å². The Labute approximate surface area is 129 Å². The summed E-state index contributed by atoms with van der Waals surface area (Å²) in [6, 6.07) is 6.39. The third-order valence-corrected chi connectivity index (χ3v) is 4.52. The molecule has 2 nitrogen and oxygen atoms in total. The number of nitrogens with two attached hydrogens (primary N) is 1. The van der Waals surface area contributed by atoms with Crippen LogP contribution in [0.3, 0.4) is 0 Å². The summed E-state index contributed by atoms with van der Waals surface area (Å²) in [6.45, 7) is 6.57. The molecule has 0 aliphatic carbocycles. The van der Waals surface area contributed by atoms with Gasteiger partial charge in [-0.3, -0.25) is 0 Å². The summed E-state index contributed by atoms with van der Waals surface area (Å²) in [7, 11) is 0. The minimum atomic E-state index is -0.140. The lowest BCUT2D eigenvalue weighted by Gasteiger charge is -2.21. The first-order chi connectivity index (χ1) is 9.62.